The topological polar surface area (TPSA) is 46.3 Å². The average molecular weight is 213 g/mol. The lowest BCUT2D eigenvalue weighted by Crippen LogP contribution is -2.51. The fraction of sp³-hybridized carbons (Fsp3) is 0.857. The van der Waals surface area contributed by atoms with E-state index >= 15 is 0 Å². The van der Waals surface area contributed by atoms with Gasteiger partial charge >= 0.3 is 0 Å². The summed E-state index contributed by atoms with van der Waals surface area (Å²) in [5.74, 6) is -0.184. The Morgan fingerprint density at radius 1 is 1.33 bits per heavy atom. The van der Waals surface area contributed by atoms with Crippen LogP contribution in [-0.4, -0.2) is 29.4 Å². The number of primary amides is 1. The van der Waals surface area contributed by atoms with Crippen LogP contribution in [-0.2, 0) is 4.79 Å². The summed E-state index contributed by atoms with van der Waals surface area (Å²) in [6, 6.07) is 1.38. The van der Waals surface area contributed by atoms with Crippen LogP contribution in [0.5, 0.6) is 0 Å². The summed E-state index contributed by atoms with van der Waals surface area (Å²) in [6.07, 6.45) is 3.85. The fourth-order valence-corrected chi connectivity index (χ4v) is 2.14. The maximum Gasteiger partial charge on any atom is 0.231 e. The Bertz CT molecular complexity index is 163. The van der Waals surface area contributed by atoms with Crippen LogP contribution >= 0.6 is 24.8 Å². The molecule has 2 saturated heterocycles. The smallest absolute Gasteiger partial charge is 0.231 e. The maximum absolute atomic E-state index is 10.5. The van der Waals surface area contributed by atoms with E-state index < -0.39 is 0 Å². The summed E-state index contributed by atoms with van der Waals surface area (Å²) in [7, 11) is 0. The minimum Gasteiger partial charge on any atom is -0.369 e. The van der Waals surface area contributed by atoms with Crippen LogP contribution in [0, 0.1) is 0 Å². The summed E-state index contributed by atoms with van der Waals surface area (Å²) in [4.78, 5) is 12.7. The Labute approximate surface area is 84.5 Å². The molecule has 2 atom stereocenters. The largest absolute Gasteiger partial charge is 0.369 e. The highest BCUT2D eigenvalue weighted by atomic mass is 35.5. The molecule has 0 radical (unpaired) electrons. The van der Waals surface area contributed by atoms with Gasteiger partial charge in [0.05, 0.1) is 6.54 Å². The third kappa shape index (κ3) is 1.84. The fourth-order valence-electron chi connectivity index (χ4n) is 2.14. The van der Waals surface area contributed by atoms with Crippen molar-refractivity contribution in [2.75, 3.05) is 6.54 Å². The molecular weight excluding hydrogens is 199 g/mol. The quantitative estimate of drug-likeness (QED) is 0.728. The van der Waals surface area contributed by atoms with Crippen molar-refractivity contribution in [3.63, 3.8) is 0 Å². The monoisotopic (exact) mass is 212 g/mol. The lowest BCUT2D eigenvalue weighted by Gasteiger charge is -2.39. The number of hydrogen-bond donors (Lipinski definition) is 1. The van der Waals surface area contributed by atoms with E-state index in [-0.39, 0.29) is 30.7 Å². The Kier molecular flexibility index (Phi) is 4.31. The molecule has 72 valence electrons. The molecule has 2 N–H and O–H groups in total. The van der Waals surface area contributed by atoms with E-state index in [2.05, 4.69) is 4.90 Å². The Hall–Kier alpha value is 0.01000. The van der Waals surface area contributed by atoms with Gasteiger partial charge in [-0.1, -0.05) is 0 Å². The second-order valence-corrected chi connectivity index (χ2v) is 3.26. The number of nitrogens with zero attached hydrogens (tertiary/aromatic N) is 1. The van der Waals surface area contributed by atoms with Gasteiger partial charge in [0.2, 0.25) is 5.91 Å². The van der Waals surface area contributed by atoms with E-state index in [4.69, 9.17) is 5.73 Å². The third-order valence-electron chi connectivity index (χ3n) is 2.65. The second-order valence-electron chi connectivity index (χ2n) is 3.26. The third-order valence-corrected chi connectivity index (χ3v) is 2.65. The van der Waals surface area contributed by atoms with Crippen molar-refractivity contribution in [3.8, 4) is 0 Å². The Morgan fingerprint density at radius 2 is 1.83 bits per heavy atom. The molecular formula is C7H14Cl2N2O. The van der Waals surface area contributed by atoms with Crippen LogP contribution in [0.15, 0.2) is 0 Å². The van der Waals surface area contributed by atoms with Crippen molar-refractivity contribution in [1.82, 2.24) is 4.90 Å². The molecule has 5 heteroatoms. The minimum atomic E-state index is -0.184. The van der Waals surface area contributed by atoms with Gasteiger partial charge in [-0.2, -0.15) is 0 Å². The number of amides is 1. The molecule has 2 heterocycles. The van der Waals surface area contributed by atoms with Gasteiger partial charge in [-0.25, -0.2) is 0 Å². The maximum atomic E-state index is 10.5. The molecule has 2 aliphatic heterocycles. The van der Waals surface area contributed by atoms with Gasteiger partial charge in [0.1, 0.15) is 0 Å². The minimum absolute atomic E-state index is 0. The zero-order chi connectivity index (χ0) is 7.14. The summed E-state index contributed by atoms with van der Waals surface area (Å²) in [6.45, 7) is 0.481. The molecule has 2 unspecified atom stereocenters. The van der Waals surface area contributed by atoms with E-state index in [1.54, 1.807) is 0 Å². The van der Waals surface area contributed by atoms with Crippen molar-refractivity contribution < 1.29 is 4.79 Å². The highest BCUT2D eigenvalue weighted by Crippen LogP contribution is 2.39. The Morgan fingerprint density at radius 3 is 2.17 bits per heavy atom. The van der Waals surface area contributed by atoms with Crippen LogP contribution in [0.1, 0.15) is 19.3 Å². The van der Waals surface area contributed by atoms with Crippen LogP contribution < -0.4 is 5.73 Å². The number of hydrogen-bond acceptors (Lipinski definition) is 2. The van der Waals surface area contributed by atoms with Crippen molar-refractivity contribution in [3.05, 3.63) is 0 Å². The predicted octanol–water partition coefficient (Wildman–Crippen LogP) is 0.552. The van der Waals surface area contributed by atoms with Crippen LogP contribution in [0.3, 0.4) is 0 Å². The molecule has 1 amide bonds. The number of fused-ring (bicyclic) bond motifs is 1. The Balaban J connectivity index is 0.000000605. The number of carbonyl (C=O) groups excluding carboxylic acids is 1. The zero-order valence-corrected chi connectivity index (χ0v) is 8.37. The first-order valence-electron chi connectivity index (χ1n) is 3.81. The highest BCUT2D eigenvalue weighted by Gasteiger charge is 2.44. The van der Waals surface area contributed by atoms with Gasteiger partial charge in [-0.05, 0) is 19.3 Å². The van der Waals surface area contributed by atoms with E-state index in [1.165, 1.54) is 19.3 Å². The molecule has 2 bridgehead atoms. The number of carbonyl (C=O) groups is 1. The first kappa shape index (κ1) is 12.0. The zero-order valence-electron chi connectivity index (χ0n) is 6.73. The molecule has 3 fully saturated rings. The first-order valence-corrected chi connectivity index (χ1v) is 3.81. The number of halogens is 2. The lowest BCUT2D eigenvalue weighted by atomic mass is 10.0. The summed E-state index contributed by atoms with van der Waals surface area (Å²) < 4.78 is 0. The molecule has 0 aromatic heterocycles. The average Bonchev–Trinajstić information content (AvgIpc) is 2.39. The molecule has 3 rings (SSSR count). The van der Waals surface area contributed by atoms with Crippen molar-refractivity contribution >= 4 is 30.7 Å². The van der Waals surface area contributed by atoms with Gasteiger partial charge in [-0.15, -0.1) is 24.8 Å². The number of rotatable bonds is 2. The van der Waals surface area contributed by atoms with E-state index in [0.29, 0.717) is 18.6 Å². The molecule has 0 aromatic rings. The molecule has 3 nitrogen and oxygen atoms in total. The van der Waals surface area contributed by atoms with Gasteiger partial charge < -0.3 is 5.73 Å². The van der Waals surface area contributed by atoms with Crippen LogP contribution in [0.25, 0.3) is 0 Å². The normalized spacial score (nSPS) is 31.3. The van der Waals surface area contributed by atoms with Gasteiger partial charge in [0.25, 0.3) is 0 Å². The standard InChI is InChI=1S/C7H12N2O.2ClH/c8-7(10)4-9-5-1-2-6(9)3-5;;/h5-6H,1-4H2,(H2,8,10);2*1H. The van der Waals surface area contributed by atoms with Crippen LogP contribution in [0.2, 0.25) is 0 Å². The summed E-state index contributed by atoms with van der Waals surface area (Å²) >= 11 is 0. The molecule has 0 spiro atoms. The van der Waals surface area contributed by atoms with Gasteiger partial charge in [0, 0.05) is 12.1 Å². The number of nitrogens with two attached hydrogens (primary N) is 1. The van der Waals surface area contributed by atoms with Crippen molar-refractivity contribution in [1.29, 1.82) is 0 Å². The highest BCUT2D eigenvalue weighted by molar-refractivity contribution is 5.85. The van der Waals surface area contributed by atoms with Crippen molar-refractivity contribution in [2.24, 2.45) is 5.73 Å². The molecule has 0 aromatic carbocycles. The van der Waals surface area contributed by atoms with Crippen molar-refractivity contribution in [2.45, 2.75) is 31.3 Å². The first-order chi connectivity index (χ1) is 4.77. The molecule has 12 heavy (non-hydrogen) atoms. The van der Waals surface area contributed by atoms with Gasteiger partial charge in [0.15, 0.2) is 0 Å². The second kappa shape index (κ2) is 4.30. The van der Waals surface area contributed by atoms with Crippen LogP contribution in [0.4, 0.5) is 0 Å². The SMILES string of the molecule is Cl.Cl.NC(=O)CN1C2CCC1C2. The molecule has 1 saturated carbocycles. The van der Waals surface area contributed by atoms with Gasteiger partial charge in [-0.3, -0.25) is 9.69 Å². The lowest BCUT2D eigenvalue weighted by molar-refractivity contribution is -0.121. The predicted molar refractivity (Wildman–Crippen MR) is 51.8 cm³/mol. The molecule has 1 aliphatic carbocycles. The summed E-state index contributed by atoms with van der Waals surface area (Å²) in [5.41, 5.74) is 5.07. The van der Waals surface area contributed by atoms with E-state index in [0.717, 1.165) is 0 Å². The summed E-state index contributed by atoms with van der Waals surface area (Å²) in [5, 5.41) is 0. The molecule has 3 aliphatic rings. The van der Waals surface area contributed by atoms with E-state index in [1.807, 2.05) is 0 Å². The van der Waals surface area contributed by atoms with E-state index in [9.17, 15) is 4.79 Å².